The summed E-state index contributed by atoms with van der Waals surface area (Å²) in [7, 11) is -2.55. The first-order valence-electron chi connectivity index (χ1n) is 7.86. The molecule has 0 aromatic heterocycles. The summed E-state index contributed by atoms with van der Waals surface area (Å²) in [4.78, 5) is 0. The van der Waals surface area contributed by atoms with E-state index < -0.39 is 8.80 Å². The van der Waals surface area contributed by atoms with Crippen LogP contribution in [0.25, 0.3) is 0 Å². The molecule has 1 fully saturated rings. The Morgan fingerprint density at radius 3 is 1.47 bits per heavy atom. The molecule has 0 heterocycles. The van der Waals surface area contributed by atoms with Crippen LogP contribution in [0.15, 0.2) is 0 Å². The number of hydrogen-bond donors (Lipinski definition) is 0. The maximum Gasteiger partial charge on any atom is 0.501 e. The third-order valence-electron chi connectivity index (χ3n) is 3.26. The summed E-state index contributed by atoms with van der Waals surface area (Å²) in [6.07, 6.45) is 5.78. The average molecular weight is 289 g/mol. The molecule has 0 bridgehead atoms. The van der Waals surface area contributed by atoms with E-state index in [2.05, 4.69) is 41.5 Å². The molecule has 0 aliphatic heterocycles. The van der Waals surface area contributed by atoms with Crippen LogP contribution in [0.5, 0.6) is 0 Å². The fourth-order valence-corrected chi connectivity index (χ4v) is 6.60. The number of hydrogen-bond acceptors (Lipinski definition) is 3. The van der Waals surface area contributed by atoms with Crippen LogP contribution in [-0.2, 0) is 13.3 Å². The van der Waals surface area contributed by atoms with E-state index in [9.17, 15) is 0 Å². The monoisotopic (exact) mass is 288 g/mol. The first-order valence-corrected chi connectivity index (χ1v) is 9.79. The molecule has 19 heavy (non-hydrogen) atoms. The Bertz CT molecular complexity index is 221. The topological polar surface area (TPSA) is 27.7 Å². The van der Waals surface area contributed by atoms with E-state index in [-0.39, 0.29) is 18.3 Å². The van der Waals surface area contributed by atoms with E-state index in [1.54, 1.807) is 0 Å². The van der Waals surface area contributed by atoms with Crippen LogP contribution in [-0.4, -0.2) is 27.1 Å². The molecule has 0 aromatic carbocycles. The van der Waals surface area contributed by atoms with Gasteiger partial charge in [0.1, 0.15) is 0 Å². The zero-order valence-electron chi connectivity index (χ0n) is 13.6. The second-order valence-electron chi connectivity index (χ2n) is 6.54. The van der Waals surface area contributed by atoms with Crippen molar-refractivity contribution in [2.45, 2.75) is 91.6 Å². The molecule has 1 aliphatic rings. The largest absolute Gasteiger partial charge is 0.501 e. The lowest BCUT2D eigenvalue weighted by Gasteiger charge is -2.36. The van der Waals surface area contributed by atoms with Gasteiger partial charge in [-0.25, -0.2) is 0 Å². The molecule has 0 atom stereocenters. The molecule has 0 N–H and O–H groups in total. The highest BCUT2D eigenvalue weighted by atomic mass is 28.4. The Balaban J connectivity index is 2.80. The standard InChI is InChI=1S/C15H32O3Si/c1-12(2)16-19(17-13(3)4,18-14(5)6)11-15-9-7-8-10-15/h12-15H,7-11H2,1-6H3. The minimum Gasteiger partial charge on any atom is -0.371 e. The lowest BCUT2D eigenvalue weighted by atomic mass is 10.1. The highest BCUT2D eigenvalue weighted by molar-refractivity contribution is 6.61. The predicted molar refractivity (Wildman–Crippen MR) is 81.2 cm³/mol. The van der Waals surface area contributed by atoms with Gasteiger partial charge in [-0.2, -0.15) is 0 Å². The molecule has 0 saturated heterocycles. The maximum absolute atomic E-state index is 6.22. The van der Waals surface area contributed by atoms with Gasteiger partial charge in [0.25, 0.3) is 0 Å². The van der Waals surface area contributed by atoms with Gasteiger partial charge in [-0.15, -0.1) is 0 Å². The molecule has 3 nitrogen and oxygen atoms in total. The van der Waals surface area contributed by atoms with Crippen LogP contribution in [0, 0.1) is 5.92 Å². The van der Waals surface area contributed by atoms with E-state index in [1.807, 2.05) is 0 Å². The van der Waals surface area contributed by atoms with Crippen molar-refractivity contribution in [2.75, 3.05) is 0 Å². The third-order valence-corrected chi connectivity index (χ3v) is 6.83. The Labute approximate surface area is 120 Å². The molecule has 0 radical (unpaired) electrons. The van der Waals surface area contributed by atoms with Gasteiger partial charge in [-0.1, -0.05) is 25.7 Å². The van der Waals surface area contributed by atoms with Crippen LogP contribution < -0.4 is 0 Å². The minimum absolute atomic E-state index is 0.158. The molecule has 0 unspecified atom stereocenters. The van der Waals surface area contributed by atoms with Gasteiger partial charge >= 0.3 is 8.80 Å². The van der Waals surface area contributed by atoms with Crippen molar-refractivity contribution in [3.05, 3.63) is 0 Å². The lowest BCUT2D eigenvalue weighted by molar-refractivity contribution is 0.000349. The smallest absolute Gasteiger partial charge is 0.371 e. The Kier molecular flexibility index (Phi) is 7.01. The third kappa shape index (κ3) is 6.39. The number of rotatable bonds is 8. The summed E-state index contributed by atoms with van der Waals surface area (Å²) >= 11 is 0. The molecule has 114 valence electrons. The molecular weight excluding hydrogens is 256 g/mol. The fraction of sp³-hybridized carbons (Fsp3) is 1.00. The zero-order valence-corrected chi connectivity index (χ0v) is 14.6. The van der Waals surface area contributed by atoms with Crippen LogP contribution in [0.3, 0.4) is 0 Å². The van der Waals surface area contributed by atoms with E-state index in [0.717, 1.165) is 12.0 Å². The molecular formula is C15H32O3Si. The van der Waals surface area contributed by atoms with Crippen molar-refractivity contribution in [1.82, 2.24) is 0 Å². The van der Waals surface area contributed by atoms with Crippen molar-refractivity contribution < 1.29 is 13.3 Å². The van der Waals surface area contributed by atoms with Crippen molar-refractivity contribution in [2.24, 2.45) is 5.92 Å². The van der Waals surface area contributed by atoms with Gasteiger partial charge in [0.2, 0.25) is 0 Å². The summed E-state index contributed by atoms with van der Waals surface area (Å²) in [5, 5.41) is 0. The lowest BCUT2D eigenvalue weighted by Crippen LogP contribution is -2.51. The SMILES string of the molecule is CC(C)O[Si](CC1CCCC1)(OC(C)C)OC(C)C. The first kappa shape index (κ1) is 17.1. The minimum atomic E-state index is -2.55. The van der Waals surface area contributed by atoms with Gasteiger partial charge in [-0.3, -0.25) is 0 Å². The van der Waals surface area contributed by atoms with Crippen molar-refractivity contribution in [1.29, 1.82) is 0 Å². The average Bonchev–Trinajstić information content (AvgIpc) is 2.65. The van der Waals surface area contributed by atoms with Gasteiger partial charge < -0.3 is 13.3 Å². The Morgan fingerprint density at radius 2 is 1.16 bits per heavy atom. The van der Waals surface area contributed by atoms with Crippen molar-refractivity contribution in [3.8, 4) is 0 Å². The molecule has 1 saturated carbocycles. The molecule has 1 aliphatic carbocycles. The molecule has 1 rings (SSSR count). The summed E-state index contributed by atoms with van der Waals surface area (Å²) < 4.78 is 18.6. The molecule has 4 heteroatoms. The Morgan fingerprint density at radius 1 is 0.789 bits per heavy atom. The van der Waals surface area contributed by atoms with Crippen LogP contribution >= 0.6 is 0 Å². The normalized spacial score (nSPS) is 18.2. The van der Waals surface area contributed by atoms with Crippen molar-refractivity contribution in [3.63, 3.8) is 0 Å². The van der Waals surface area contributed by atoms with Gasteiger partial charge in [0.05, 0.1) is 0 Å². The van der Waals surface area contributed by atoms with E-state index in [4.69, 9.17) is 13.3 Å². The molecule has 0 aromatic rings. The van der Waals surface area contributed by atoms with Crippen LogP contribution in [0.4, 0.5) is 0 Å². The van der Waals surface area contributed by atoms with Crippen molar-refractivity contribution >= 4 is 8.80 Å². The van der Waals surface area contributed by atoms with E-state index in [1.165, 1.54) is 25.7 Å². The summed E-state index contributed by atoms with van der Waals surface area (Å²) in [6.45, 7) is 12.4. The highest BCUT2D eigenvalue weighted by Gasteiger charge is 2.46. The molecule has 0 spiro atoms. The first-order chi connectivity index (χ1) is 8.83. The maximum atomic E-state index is 6.22. The summed E-state index contributed by atoms with van der Waals surface area (Å²) in [5.41, 5.74) is 0. The molecule has 0 amide bonds. The second kappa shape index (κ2) is 7.77. The van der Waals surface area contributed by atoms with E-state index in [0.29, 0.717) is 0 Å². The summed E-state index contributed by atoms with van der Waals surface area (Å²) in [6, 6.07) is 0.988. The fourth-order valence-electron chi connectivity index (χ4n) is 2.87. The predicted octanol–water partition coefficient (Wildman–Crippen LogP) is 4.39. The van der Waals surface area contributed by atoms with Gasteiger partial charge in [-0.05, 0) is 47.5 Å². The Hall–Kier alpha value is 0.0969. The quantitative estimate of drug-likeness (QED) is 0.620. The van der Waals surface area contributed by atoms with E-state index >= 15 is 0 Å². The second-order valence-corrected chi connectivity index (χ2v) is 9.02. The van der Waals surface area contributed by atoms with Crippen LogP contribution in [0.1, 0.15) is 67.2 Å². The highest BCUT2D eigenvalue weighted by Crippen LogP contribution is 2.35. The summed E-state index contributed by atoms with van der Waals surface area (Å²) in [5.74, 6) is 0.725. The zero-order chi connectivity index (χ0) is 14.5. The van der Waals surface area contributed by atoms with Gasteiger partial charge in [0.15, 0.2) is 0 Å². The van der Waals surface area contributed by atoms with Gasteiger partial charge in [0, 0.05) is 24.4 Å². The van der Waals surface area contributed by atoms with Crippen LogP contribution in [0.2, 0.25) is 6.04 Å².